The molecule has 3 rings (SSSR count). The summed E-state index contributed by atoms with van der Waals surface area (Å²) < 4.78 is 0. The van der Waals surface area contributed by atoms with Crippen LogP contribution in [0.4, 0.5) is 0 Å². The van der Waals surface area contributed by atoms with Gasteiger partial charge in [0.2, 0.25) is 5.91 Å². The predicted octanol–water partition coefficient (Wildman–Crippen LogP) is 2.13. The lowest BCUT2D eigenvalue weighted by Crippen LogP contribution is -2.49. The van der Waals surface area contributed by atoms with Crippen molar-refractivity contribution in [2.75, 3.05) is 32.4 Å². The van der Waals surface area contributed by atoms with Crippen LogP contribution in [0.15, 0.2) is 48.0 Å². The zero-order valence-corrected chi connectivity index (χ0v) is 15.9. The van der Waals surface area contributed by atoms with Gasteiger partial charge in [-0.25, -0.2) is 9.97 Å². The SMILES string of the molecule is CN(CCc1ccccn1)[C@H]1CCCN(C(=O)CSc2ncccn2)C1. The van der Waals surface area contributed by atoms with Crippen molar-refractivity contribution in [2.45, 2.75) is 30.5 Å². The average Bonchev–Trinajstić information content (AvgIpc) is 2.72. The fourth-order valence-electron chi connectivity index (χ4n) is 3.14. The third kappa shape index (κ3) is 5.51. The molecule has 0 bridgehead atoms. The molecule has 6 nitrogen and oxygen atoms in total. The standard InChI is InChI=1S/C19H25N5OS/c1-23(13-8-16-6-2-3-9-20-16)17-7-4-12-24(14-17)18(25)15-26-19-21-10-5-11-22-19/h2-3,5-6,9-11,17H,4,7-8,12-15H2,1H3/t17-/m0/s1. The van der Waals surface area contributed by atoms with Crippen LogP contribution in [0.3, 0.4) is 0 Å². The third-order valence-corrected chi connectivity index (χ3v) is 5.55. The summed E-state index contributed by atoms with van der Waals surface area (Å²) in [4.78, 5) is 29.6. The summed E-state index contributed by atoms with van der Waals surface area (Å²) in [5.41, 5.74) is 1.11. The topological polar surface area (TPSA) is 62.2 Å². The van der Waals surface area contributed by atoms with Gasteiger partial charge in [0.05, 0.1) is 5.75 Å². The number of hydrogen-bond acceptors (Lipinski definition) is 6. The van der Waals surface area contributed by atoms with Gasteiger partial charge >= 0.3 is 0 Å². The molecule has 0 unspecified atom stereocenters. The second-order valence-corrected chi connectivity index (χ2v) is 7.45. The lowest BCUT2D eigenvalue weighted by Gasteiger charge is -2.37. The number of likely N-dealkylation sites (N-methyl/N-ethyl adjacent to an activating group) is 1. The van der Waals surface area contributed by atoms with Crippen molar-refractivity contribution in [3.63, 3.8) is 0 Å². The molecule has 1 amide bonds. The first kappa shape index (κ1) is 18.8. The Morgan fingerprint density at radius 3 is 2.81 bits per heavy atom. The maximum atomic E-state index is 12.5. The minimum Gasteiger partial charge on any atom is -0.340 e. The quantitative estimate of drug-likeness (QED) is 0.549. The van der Waals surface area contributed by atoms with Gasteiger partial charge in [0.1, 0.15) is 0 Å². The Kier molecular flexibility index (Phi) is 6.96. The zero-order chi connectivity index (χ0) is 18.2. The Hall–Kier alpha value is -1.99. The summed E-state index contributed by atoms with van der Waals surface area (Å²) in [5.74, 6) is 0.569. The first-order valence-corrected chi connectivity index (χ1v) is 9.98. The maximum Gasteiger partial charge on any atom is 0.233 e. The Balaban J connectivity index is 1.46. The first-order valence-electron chi connectivity index (χ1n) is 9.00. The van der Waals surface area contributed by atoms with Crippen molar-refractivity contribution >= 4 is 17.7 Å². The smallest absolute Gasteiger partial charge is 0.233 e. The maximum absolute atomic E-state index is 12.5. The normalized spacial score (nSPS) is 17.5. The van der Waals surface area contributed by atoms with Gasteiger partial charge in [-0.15, -0.1) is 0 Å². The van der Waals surface area contributed by atoms with Crippen LogP contribution in [-0.4, -0.2) is 69.1 Å². The molecule has 1 saturated heterocycles. The van der Waals surface area contributed by atoms with E-state index in [1.165, 1.54) is 11.8 Å². The molecule has 2 aromatic heterocycles. The van der Waals surface area contributed by atoms with Crippen molar-refractivity contribution in [1.29, 1.82) is 0 Å². The number of amides is 1. The van der Waals surface area contributed by atoms with Gasteiger partial charge in [-0.05, 0) is 38.1 Å². The van der Waals surface area contributed by atoms with Crippen LogP contribution >= 0.6 is 11.8 Å². The summed E-state index contributed by atoms with van der Waals surface area (Å²) in [6.45, 7) is 2.60. The highest BCUT2D eigenvalue weighted by Gasteiger charge is 2.26. The van der Waals surface area contributed by atoms with Gasteiger partial charge in [-0.3, -0.25) is 9.78 Å². The van der Waals surface area contributed by atoms with Gasteiger partial charge < -0.3 is 9.80 Å². The second-order valence-electron chi connectivity index (χ2n) is 6.51. The number of piperidine rings is 1. The van der Waals surface area contributed by atoms with Crippen LogP contribution in [0.1, 0.15) is 18.5 Å². The zero-order valence-electron chi connectivity index (χ0n) is 15.1. The monoisotopic (exact) mass is 371 g/mol. The van der Waals surface area contributed by atoms with Crippen molar-refractivity contribution in [1.82, 2.24) is 24.8 Å². The van der Waals surface area contributed by atoms with E-state index in [9.17, 15) is 4.79 Å². The molecule has 0 aromatic carbocycles. The molecule has 0 saturated carbocycles. The number of rotatable bonds is 7. The highest BCUT2D eigenvalue weighted by atomic mass is 32.2. The third-order valence-electron chi connectivity index (χ3n) is 4.69. The van der Waals surface area contributed by atoms with Gasteiger partial charge in [-0.2, -0.15) is 0 Å². The van der Waals surface area contributed by atoms with E-state index in [4.69, 9.17) is 0 Å². The Labute approximate surface area is 159 Å². The van der Waals surface area contributed by atoms with Crippen LogP contribution < -0.4 is 0 Å². The van der Waals surface area contributed by atoms with E-state index in [1.807, 2.05) is 23.2 Å². The molecule has 1 aliphatic heterocycles. The molecule has 0 N–H and O–H groups in total. The minimum absolute atomic E-state index is 0.172. The fraction of sp³-hybridized carbons (Fsp3) is 0.474. The minimum atomic E-state index is 0.172. The van der Waals surface area contributed by atoms with Crippen LogP contribution in [-0.2, 0) is 11.2 Å². The average molecular weight is 372 g/mol. The number of carbonyl (C=O) groups is 1. The molecule has 1 fully saturated rings. The van der Waals surface area contributed by atoms with Crippen molar-refractivity contribution < 1.29 is 4.79 Å². The Morgan fingerprint density at radius 2 is 2.04 bits per heavy atom. The number of nitrogens with zero attached hydrogens (tertiary/aromatic N) is 5. The molecule has 0 aliphatic carbocycles. The largest absolute Gasteiger partial charge is 0.340 e. The van der Waals surface area contributed by atoms with Gasteiger partial charge in [-0.1, -0.05) is 17.8 Å². The molecule has 1 atom stereocenters. The fourth-order valence-corrected chi connectivity index (χ4v) is 3.84. The van der Waals surface area contributed by atoms with Gasteiger partial charge in [0, 0.05) is 56.4 Å². The molecule has 7 heteroatoms. The molecule has 138 valence electrons. The second kappa shape index (κ2) is 9.64. The summed E-state index contributed by atoms with van der Waals surface area (Å²) in [6, 6.07) is 8.22. The highest BCUT2D eigenvalue weighted by Crippen LogP contribution is 2.18. The van der Waals surface area contributed by atoms with Crippen LogP contribution in [0.5, 0.6) is 0 Å². The van der Waals surface area contributed by atoms with Crippen molar-refractivity contribution in [3.8, 4) is 0 Å². The van der Waals surface area contributed by atoms with Gasteiger partial charge in [0.25, 0.3) is 0 Å². The highest BCUT2D eigenvalue weighted by molar-refractivity contribution is 7.99. The molecule has 0 radical (unpaired) electrons. The first-order chi connectivity index (χ1) is 12.7. The molecule has 26 heavy (non-hydrogen) atoms. The summed E-state index contributed by atoms with van der Waals surface area (Å²) in [6.07, 6.45) is 8.36. The molecule has 2 aromatic rings. The van der Waals surface area contributed by atoms with Crippen LogP contribution in [0.2, 0.25) is 0 Å². The Morgan fingerprint density at radius 1 is 1.23 bits per heavy atom. The van der Waals surface area contributed by atoms with Crippen molar-refractivity contribution in [3.05, 3.63) is 48.5 Å². The Bertz CT molecular complexity index is 685. The molecular formula is C19H25N5OS. The number of aromatic nitrogens is 3. The number of carbonyl (C=O) groups excluding carboxylic acids is 1. The lowest BCUT2D eigenvalue weighted by molar-refractivity contribution is -0.130. The van der Waals surface area contributed by atoms with E-state index in [2.05, 4.69) is 33.0 Å². The number of pyridine rings is 1. The number of likely N-dealkylation sites (tertiary alicyclic amines) is 1. The van der Waals surface area contributed by atoms with E-state index in [0.717, 1.165) is 44.6 Å². The predicted molar refractivity (Wildman–Crippen MR) is 103 cm³/mol. The number of thioether (sulfide) groups is 1. The molecule has 3 heterocycles. The van der Waals surface area contributed by atoms with Gasteiger partial charge in [0.15, 0.2) is 5.16 Å². The summed E-state index contributed by atoms with van der Waals surface area (Å²) in [7, 11) is 2.15. The van der Waals surface area contributed by atoms with E-state index >= 15 is 0 Å². The van der Waals surface area contributed by atoms with E-state index in [0.29, 0.717) is 17.0 Å². The van der Waals surface area contributed by atoms with Crippen LogP contribution in [0, 0.1) is 0 Å². The van der Waals surface area contributed by atoms with E-state index in [-0.39, 0.29) is 5.91 Å². The molecule has 0 spiro atoms. The van der Waals surface area contributed by atoms with Crippen molar-refractivity contribution in [2.24, 2.45) is 0 Å². The van der Waals surface area contributed by atoms with E-state index in [1.54, 1.807) is 18.5 Å². The van der Waals surface area contributed by atoms with Crippen LogP contribution in [0.25, 0.3) is 0 Å². The van der Waals surface area contributed by atoms with E-state index < -0.39 is 0 Å². The molecule has 1 aliphatic rings. The molecular weight excluding hydrogens is 346 g/mol. The summed E-state index contributed by atoms with van der Waals surface area (Å²) >= 11 is 1.40. The summed E-state index contributed by atoms with van der Waals surface area (Å²) in [5, 5.41) is 0.655. The number of hydrogen-bond donors (Lipinski definition) is 0. The lowest BCUT2D eigenvalue weighted by atomic mass is 10.0.